The zero-order chi connectivity index (χ0) is 23.2. The highest BCUT2D eigenvalue weighted by atomic mass is 16.5. The normalized spacial score (nSPS) is 11.9. The van der Waals surface area contributed by atoms with Gasteiger partial charge in [0, 0.05) is 30.6 Å². The van der Waals surface area contributed by atoms with E-state index in [0.717, 1.165) is 17.7 Å². The number of nitrogens with two attached hydrogens (primary N) is 1. The van der Waals surface area contributed by atoms with Crippen molar-refractivity contribution in [1.29, 1.82) is 0 Å². The summed E-state index contributed by atoms with van der Waals surface area (Å²) >= 11 is 0. The van der Waals surface area contributed by atoms with Gasteiger partial charge in [0.15, 0.2) is 5.82 Å². The second kappa shape index (κ2) is 9.88. The monoisotopic (exact) mass is 445 g/mol. The first-order valence-electron chi connectivity index (χ1n) is 10.3. The smallest absolute Gasteiger partial charge is 0.263 e. The standard InChI is InChI=1S/C15H13N7O2.C8H10O/c1-7-19-14(24-22-7)11-6-18-15(21-12(11)16)20-9-2-3-10-8(4-9)5-17-13(10)23;9-7-6-8-4-2-1-3-5-8/h2-4,6H,5H2,1H3,(H,17,23)(H3,16,18,20,21);1-5,9H,6-7H2. The molecule has 4 aromatic rings. The number of carbonyl (C=O) groups excluding carboxylic acids is 1. The van der Waals surface area contributed by atoms with Gasteiger partial charge in [0.05, 0.1) is 0 Å². The minimum absolute atomic E-state index is 0.0590. The molecule has 168 valence electrons. The van der Waals surface area contributed by atoms with Gasteiger partial charge in [-0.05, 0) is 42.7 Å². The number of rotatable bonds is 5. The number of nitrogen functional groups attached to an aromatic ring is 1. The predicted molar refractivity (Wildman–Crippen MR) is 123 cm³/mol. The van der Waals surface area contributed by atoms with Crippen LogP contribution >= 0.6 is 0 Å². The van der Waals surface area contributed by atoms with E-state index in [1.54, 1.807) is 19.1 Å². The van der Waals surface area contributed by atoms with Crippen molar-refractivity contribution in [2.45, 2.75) is 19.9 Å². The van der Waals surface area contributed by atoms with Gasteiger partial charge in [-0.1, -0.05) is 35.5 Å². The first-order chi connectivity index (χ1) is 16.0. The highest BCUT2D eigenvalue weighted by Crippen LogP contribution is 2.25. The van der Waals surface area contributed by atoms with Crippen LogP contribution in [0.1, 0.15) is 27.3 Å². The van der Waals surface area contributed by atoms with E-state index in [9.17, 15) is 4.79 Å². The second-order valence-electron chi connectivity index (χ2n) is 7.28. The van der Waals surface area contributed by atoms with Crippen LogP contribution in [0.25, 0.3) is 11.5 Å². The summed E-state index contributed by atoms with van der Waals surface area (Å²) in [6, 6.07) is 15.4. The molecule has 10 nitrogen and oxygen atoms in total. The average Bonchev–Trinajstić information content (AvgIpc) is 3.41. The van der Waals surface area contributed by atoms with E-state index in [0.29, 0.717) is 29.4 Å². The zero-order valence-electron chi connectivity index (χ0n) is 17.9. The molecule has 0 bridgehead atoms. The summed E-state index contributed by atoms with van der Waals surface area (Å²) in [5.74, 6) is 1.29. The topological polar surface area (TPSA) is 152 Å². The Kier molecular flexibility index (Phi) is 6.56. The zero-order valence-corrected chi connectivity index (χ0v) is 17.9. The van der Waals surface area contributed by atoms with E-state index in [2.05, 4.69) is 30.7 Å². The van der Waals surface area contributed by atoms with Crippen molar-refractivity contribution in [3.63, 3.8) is 0 Å². The Labute approximate surface area is 189 Å². The molecule has 0 fully saturated rings. The maximum Gasteiger partial charge on any atom is 0.263 e. The number of aliphatic hydroxyl groups excluding tert-OH is 1. The molecule has 2 aromatic heterocycles. The third kappa shape index (κ3) is 5.31. The van der Waals surface area contributed by atoms with Crippen molar-refractivity contribution >= 4 is 23.4 Å². The molecule has 5 rings (SSSR count). The highest BCUT2D eigenvalue weighted by Gasteiger charge is 2.19. The highest BCUT2D eigenvalue weighted by molar-refractivity contribution is 5.98. The minimum atomic E-state index is -0.0590. The number of aliphatic hydroxyl groups is 1. The molecule has 1 aliphatic rings. The van der Waals surface area contributed by atoms with Crippen molar-refractivity contribution in [3.05, 3.63) is 77.2 Å². The van der Waals surface area contributed by atoms with Crippen LogP contribution in [0.15, 0.2) is 59.3 Å². The van der Waals surface area contributed by atoms with E-state index >= 15 is 0 Å². The number of hydrogen-bond acceptors (Lipinski definition) is 9. The van der Waals surface area contributed by atoms with Gasteiger partial charge in [-0.25, -0.2) is 4.98 Å². The first kappa shape index (κ1) is 21.9. The molecule has 3 heterocycles. The number of nitrogens with zero attached hydrogens (tertiary/aromatic N) is 4. The fraction of sp³-hybridized carbons (Fsp3) is 0.174. The Morgan fingerprint density at radius 2 is 1.97 bits per heavy atom. The van der Waals surface area contributed by atoms with Gasteiger partial charge in [-0.3, -0.25) is 4.79 Å². The Morgan fingerprint density at radius 3 is 2.67 bits per heavy atom. The Balaban J connectivity index is 0.000000243. The van der Waals surface area contributed by atoms with Crippen LogP contribution in [0, 0.1) is 6.92 Å². The van der Waals surface area contributed by atoms with E-state index in [-0.39, 0.29) is 24.2 Å². The molecular formula is C23H23N7O3. The molecule has 5 N–H and O–H groups in total. The van der Waals surface area contributed by atoms with Crippen LogP contribution in [0.3, 0.4) is 0 Å². The molecule has 33 heavy (non-hydrogen) atoms. The summed E-state index contributed by atoms with van der Waals surface area (Å²) in [7, 11) is 0. The number of aromatic nitrogens is 4. The number of nitrogens with one attached hydrogen (secondary N) is 2. The summed E-state index contributed by atoms with van der Waals surface area (Å²) in [4.78, 5) is 24.1. The fourth-order valence-electron chi connectivity index (χ4n) is 3.24. The molecule has 0 saturated carbocycles. The molecular weight excluding hydrogens is 422 g/mol. The van der Waals surface area contributed by atoms with Crippen LogP contribution in [0.2, 0.25) is 0 Å². The third-order valence-electron chi connectivity index (χ3n) is 4.86. The van der Waals surface area contributed by atoms with E-state index in [1.165, 1.54) is 11.8 Å². The summed E-state index contributed by atoms with van der Waals surface area (Å²) in [6.45, 7) is 2.47. The molecule has 0 spiro atoms. The molecule has 0 aliphatic carbocycles. The van der Waals surface area contributed by atoms with E-state index in [4.69, 9.17) is 15.4 Å². The Hall–Kier alpha value is -4.31. The number of carbonyl (C=O) groups is 1. The Bertz CT molecular complexity index is 1260. The molecule has 1 aliphatic heterocycles. The van der Waals surface area contributed by atoms with Gasteiger partial charge in [0.1, 0.15) is 11.4 Å². The van der Waals surface area contributed by atoms with Gasteiger partial charge in [-0.15, -0.1) is 0 Å². The SMILES string of the molecule is Cc1noc(-c2cnc(Nc3ccc4c(c3)CNC4=O)nc2N)n1.OCCc1ccccc1. The first-order valence-corrected chi connectivity index (χ1v) is 10.3. The summed E-state index contributed by atoms with van der Waals surface area (Å²) in [5.41, 5.74) is 10.0. The number of benzene rings is 2. The lowest BCUT2D eigenvalue weighted by molar-refractivity contribution is 0.0965. The molecule has 0 radical (unpaired) electrons. The summed E-state index contributed by atoms with van der Waals surface area (Å²) < 4.78 is 5.07. The number of amides is 1. The average molecular weight is 445 g/mol. The van der Waals surface area contributed by atoms with Crippen molar-refractivity contribution in [2.24, 2.45) is 0 Å². The minimum Gasteiger partial charge on any atom is -0.396 e. The molecule has 10 heteroatoms. The van der Waals surface area contributed by atoms with Gasteiger partial charge in [0.2, 0.25) is 5.95 Å². The predicted octanol–water partition coefficient (Wildman–Crippen LogP) is 2.63. The van der Waals surface area contributed by atoms with Crippen LogP contribution in [-0.4, -0.2) is 37.7 Å². The van der Waals surface area contributed by atoms with Crippen molar-refractivity contribution in [2.75, 3.05) is 17.7 Å². The van der Waals surface area contributed by atoms with Gasteiger partial charge in [0.25, 0.3) is 11.8 Å². The van der Waals surface area contributed by atoms with Crippen LogP contribution in [0.5, 0.6) is 0 Å². The lowest BCUT2D eigenvalue weighted by Crippen LogP contribution is -2.12. The number of aryl methyl sites for hydroxylation is 1. The molecule has 0 unspecified atom stereocenters. The number of fused-ring (bicyclic) bond motifs is 1. The van der Waals surface area contributed by atoms with Crippen LogP contribution in [-0.2, 0) is 13.0 Å². The van der Waals surface area contributed by atoms with Gasteiger partial charge < -0.3 is 26.0 Å². The molecule has 1 amide bonds. The van der Waals surface area contributed by atoms with Crippen molar-refractivity contribution in [1.82, 2.24) is 25.4 Å². The quantitative estimate of drug-likeness (QED) is 0.363. The molecule has 0 atom stereocenters. The third-order valence-corrected chi connectivity index (χ3v) is 4.86. The molecule has 0 saturated heterocycles. The van der Waals surface area contributed by atoms with Crippen LogP contribution < -0.4 is 16.4 Å². The fourth-order valence-corrected chi connectivity index (χ4v) is 3.24. The molecule has 2 aromatic carbocycles. The van der Waals surface area contributed by atoms with E-state index < -0.39 is 0 Å². The number of anilines is 3. The van der Waals surface area contributed by atoms with Crippen molar-refractivity contribution in [3.8, 4) is 11.5 Å². The lowest BCUT2D eigenvalue weighted by atomic mass is 10.1. The summed E-state index contributed by atoms with van der Waals surface area (Å²) in [5, 5.41) is 18.1. The van der Waals surface area contributed by atoms with Crippen molar-refractivity contribution < 1.29 is 14.4 Å². The lowest BCUT2D eigenvalue weighted by Gasteiger charge is -2.07. The maximum atomic E-state index is 11.6. The largest absolute Gasteiger partial charge is 0.396 e. The van der Waals surface area contributed by atoms with Gasteiger partial charge >= 0.3 is 0 Å². The number of hydrogen-bond donors (Lipinski definition) is 4. The van der Waals surface area contributed by atoms with E-state index in [1.807, 2.05) is 36.4 Å². The van der Waals surface area contributed by atoms with Crippen LogP contribution in [0.4, 0.5) is 17.5 Å². The summed E-state index contributed by atoms with van der Waals surface area (Å²) in [6.07, 6.45) is 2.29. The second-order valence-corrected chi connectivity index (χ2v) is 7.28. The van der Waals surface area contributed by atoms with Gasteiger partial charge in [-0.2, -0.15) is 9.97 Å². The Morgan fingerprint density at radius 1 is 1.15 bits per heavy atom. The maximum absolute atomic E-state index is 11.6.